The van der Waals surface area contributed by atoms with Crippen molar-refractivity contribution < 1.29 is 9.90 Å². The molecule has 92 valence electrons. The first-order chi connectivity index (χ1) is 8.07. The highest BCUT2D eigenvalue weighted by Crippen LogP contribution is 2.33. The maximum absolute atomic E-state index is 10.8. The summed E-state index contributed by atoms with van der Waals surface area (Å²) in [7, 11) is 0. The summed E-state index contributed by atoms with van der Waals surface area (Å²) >= 11 is 0. The minimum atomic E-state index is -0.698. The van der Waals surface area contributed by atoms with Gasteiger partial charge in [0.15, 0.2) is 0 Å². The van der Waals surface area contributed by atoms with E-state index in [4.69, 9.17) is 5.11 Å². The largest absolute Gasteiger partial charge is 0.481 e. The molecular weight excluding hydrogens is 216 g/mol. The van der Waals surface area contributed by atoms with Crippen molar-refractivity contribution >= 4 is 5.97 Å². The summed E-state index contributed by atoms with van der Waals surface area (Å²) in [6, 6.07) is 3.99. The number of aromatic nitrogens is 1. The van der Waals surface area contributed by atoms with Crippen molar-refractivity contribution in [3.63, 3.8) is 0 Å². The van der Waals surface area contributed by atoms with Gasteiger partial charge >= 0.3 is 5.97 Å². The number of pyridine rings is 1. The Kier molecular flexibility index (Phi) is 3.43. The van der Waals surface area contributed by atoms with Gasteiger partial charge in [0.05, 0.1) is 6.42 Å². The lowest BCUT2D eigenvalue weighted by Crippen LogP contribution is -2.26. The molecule has 1 N–H and O–H groups in total. The van der Waals surface area contributed by atoms with Gasteiger partial charge in [0.2, 0.25) is 0 Å². The number of carbonyl (C=O) groups is 1. The molecule has 1 aliphatic rings. The van der Waals surface area contributed by atoms with Gasteiger partial charge in [-0.2, -0.15) is 0 Å². The second-order valence-electron chi connectivity index (χ2n) is 5.20. The van der Waals surface area contributed by atoms with Crippen molar-refractivity contribution in [2.45, 2.75) is 26.3 Å². The fourth-order valence-corrected chi connectivity index (χ4v) is 2.52. The molecule has 0 bridgehead atoms. The molecule has 1 aliphatic heterocycles. The van der Waals surface area contributed by atoms with Crippen LogP contribution in [0.25, 0.3) is 0 Å². The maximum atomic E-state index is 10.8. The van der Waals surface area contributed by atoms with E-state index in [0.717, 1.165) is 26.1 Å². The summed E-state index contributed by atoms with van der Waals surface area (Å²) in [5.41, 5.74) is 1.11. The molecule has 17 heavy (non-hydrogen) atoms. The van der Waals surface area contributed by atoms with Gasteiger partial charge in [-0.3, -0.25) is 14.7 Å². The molecule has 0 aliphatic carbocycles. The van der Waals surface area contributed by atoms with E-state index >= 15 is 0 Å². The summed E-state index contributed by atoms with van der Waals surface area (Å²) in [5, 5.41) is 8.89. The predicted octanol–water partition coefficient (Wildman–Crippen LogP) is 1.77. The lowest BCUT2D eigenvalue weighted by atomic mass is 9.86. The average molecular weight is 234 g/mol. The second-order valence-corrected chi connectivity index (χ2v) is 5.20. The molecule has 4 heteroatoms. The van der Waals surface area contributed by atoms with Crippen molar-refractivity contribution in [1.29, 1.82) is 0 Å². The van der Waals surface area contributed by atoms with Crippen LogP contribution in [0.15, 0.2) is 24.5 Å². The monoisotopic (exact) mass is 234 g/mol. The quantitative estimate of drug-likeness (QED) is 0.862. The molecule has 0 amide bonds. The number of nitrogens with zero attached hydrogens (tertiary/aromatic N) is 2. The van der Waals surface area contributed by atoms with Crippen LogP contribution in [0.4, 0.5) is 0 Å². The smallest absolute Gasteiger partial charge is 0.303 e. The topological polar surface area (TPSA) is 53.4 Å². The lowest BCUT2D eigenvalue weighted by Gasteiger charge is -2.22. The zero-order valence-corrected chi connectivity index (χ0v) is 10.1. The third-order valence-electron chi connectivity index (χ3n) is 3.34. The minimum Gasteiger partial charge on any atom is -0.481 e. The van der Waals surface area contributed by atoms with Crippen LogP contribution >= 0.6 is 0 Å². The molecule has 2 rings (SSSR count). The first-order valence-electron chi connectivity index (χ1n) is 5.90. The second kappa shape index (κ2) is 4.84. The normalized spacial score (nSPS) is 25.0. The van der Waals surface area contributed by atoms with E-state index in [-0.39, 0.29) is 11.8 Å². The summed E-state index contributed by atoms with van der Waals surface area (Å²) in [4.78, 5) is 17.2. The molecule has 1 atom stereocenters. The molecule has 2 heterocycles. The Hall–Kier alpha value is -1.42. The van der Waals surface area contributed by atoms with Crippen LogP contribution in [0.5, 0.6) is 0 Å². The number of hydrogen-bond donors (Lipinski definition) is 1. The summed E-state index contributed by atoms with van der Waals surface area (Å²) < 4.78 is 0. The molecule has 1 aromatic rings. The van der Waals surface area contributed by atoms with E-state index in [1.165, 1.54) is 5.56 Å². The SMILES string of the molecule is CC1(CC(=O)O)CCN(Cc2cccnc2)C1. The average Bonchev–Trinajstić information content (AvgIpc) is 2.60. The molecule has 1 saturated heterocycles. The molecule has 1 unspecified atom stereocenters. The number of aliphatic carboxylic acids is 1. The van der Waals surface area contributed by atoms with Crippen molar-refractivity contribution in [1.82, 2.24) is 9.88 Å². The van der Waals surface area contributed by atoms with Crippen molar-refractivity contribution in [3.8, 4) is 0 Å². The zero-order valence-electron chi connectivity index (χ0n) is 10.1. The molecule has 1 fully saturated rings. The first kappa shape index (κ1) is 12.0. The summed E-state index contributed by atoms with van der Waals surface area (Å²) in [5.74, 6) is -0.698. The Balaban J connectivity index is 1.92. The van der Waals surface area contributed by atoms with Gasteiger partial charge < -0.3 is 5.11 Å². The number of carboxylic acid groups (broad SMARTS) is 1. The molecule has 0 spiro atoms. The molecule has 0 aromatic carbocycles. The van der Waals surface area contributed by atoms with Crippen molar-refractivity contribution in [3.05, 3.63) is 30.1 Å². The van der Waals surface area contributed by atoms with Crippen LogP contribution in [0.1, 0.15) is 25.3 Å². The Morgan fingerprint density at radius 2 is 2.47 bits per heavy atom. The molecule has 4 nitrogen and oxygen atoms in total. The molecule has 1 aromatic heterocycles. The van der Waals surface area contributed by atoms with Gasteiger partial charge in [0.1, 0.15) is 0 Å². The van der Waals surface area contributed by atoms with Gasteiger partial charge in [-0.15, -0.1) is 0 Å². The van der Waals surface area contributed by atoms with Gasteiger partial charge in [-0.05, 0) is 30.0 Å². The number of rotatable bonds is 4. The van der Waals surface area contributed by atoms with Gasteiger partial charge in [-0.1, -0.05) is 13.0 Å². The van der Waals surface area contributed by atoms with Crippen LogP contribution in [0, 0.1) is 5.41 Å². The van der Waals surface area contributed by atoms with Gasteiger partial charge in [0.25, 0.3) is 0 Å². The van der Waals surface area contributed by atoms with Crippen LogP contribution in [0.3, 0.4) is 0 Å². The van der Waals surface area contributed by atoms with Crippen LogP contribution in [-0.2, 0) is 11.3 Å². The van der Waals surface area contributed by atoms with Crippen molar-refractivity contribution in [2.75, 3.05) is 13.1 Å². The highest BCUT2D eigenvalue weighted by atomic mass is 16.4. The van der Waals surface area contributed by atoms with Gasteiger partial charge in [-0.25, -0.2) is 0 Å². The Bertz CT molecular complexity index is 394. The third kappa shape index (κ3) is 3.27. The van der Waals surface area contributed by atoms with E-state index in [1.54, 1.807) is 6.20 Å². The standard InChI is InChI=1S/C13H18N2O2/c1-13(7-12(16)17)4-6-15(10-13)9-11-3-2-5-14-8-11/h2-3,5,8H,4,6-7,9-10H2,1H3,(H,16,17). The maximum Gasteiger partial charge on any atom is 0.303 e. The fraction of sp³-hybridized carbons (Fsp3) is 0.538. The summed E-state index contributed by atoms with van der Waals surface area (Å²) in [6.07, 6.45) is 4.85. The third-order valence-corrected chi connectivity index (χ3v) is 3.34. The lowest BCUT2D eigenvalue weighted by molar-refractivity contribution is -0.139. The Morgan fingerprint density at radius 1 is 1.65 bits per heavy atom. The minimum absolute atomic E-state index is 0.0754. The zero-order chi connectivity index (χ0) is 12.3. The highest BCUT2D eigenvalue weighted by molar-refractivity contribution is 5.67. The van der Waals surface area contributed by atoms with E-state index in [1.807, 2.05) is 12.3 Å². The molecule has 0 radical (unpaired) electrons. The Morgan fingerprint density at radius 3 is 3.12 bits per heavy atom. The van der Waals surface area contributed by atoms with Gasteiger partial charge in [0, 0.05) is 25.5 Å². The summed E-state index contributed by atoms with van der Waals surface area (Å²) in [6.45, 7) is 4.75. The number of likely N-dealkylation sites (tertiary alicyclic amines) is 1. The fourth-order valence-electron chi connectivity index (χ4n) is 2.52. The predicted molar refractivity (Wildman–Crippen MR) is 64.5 cm³/mol. The molecule has 0 saturated carbocycles. The Labute approximate surface area is 101 Å². The number of hydrogen-bond acceptors (Lipinski definition) is 3. The number of carboxylic acids is 1. The van der Waals surface area contributed by atoms with E-state index in [0.29, 0.717) is 0 Å². The van der Waals surface area contributed by atoms with Crippen LogP contribution < -0.4 is 0 Å². The van der Waals surface area contributed by atoms with Crippen LogP contribution in [0.2, 0.25) is 0 Å². The van der Waals surface area contributed by atoms with E-state index in [9.17, 15) is 4.79 Å². The molecular formula is C13H18N2O2. The van der Waals surface area contributed by atoms with E-state index < -0.39 is 5.97 Å². The van der Waals surface area contributed by atoms with Crippen LogP contribution in [-0.4, -0.2) is 34.0 Å². The highest BCUT2D eigenvalue weighted by Gasteiger charge is 2.35. The first-order valence-corrected chi connectivity index (χ1v) is 5.90. The van der Waals surface area contributed by atoms with Crippen molar-refractivity contribution in [2.24, 2.45) is 5.41 Å². The van der Waals surface area contributed by atoms with E-state index in [2.05, 4.69) is 22.9 Å².